The Labute approximate surface area is 360 Å². The molecule has 0 saturated heterocycles. The molecule has 0 spiro atoms. The number of rotatable bonds is 15. The molecule has 0 radical (unpaired) electrons. The topological polar surface area (TPSA) is 112 Å². The van der Waals surface area contributed by atoms with Crippen molar-refractivity contribution in [3.8, 4) is 0 Å². The number of carboxylic acid groups (broad SMARTS) is 1. The SMILES string of the molecule is [C-]#[N+]/C(=C\c1ccc(N(c2ccc(/C=C/c3cc4ccc(N(CC)CC)cc4oc3=O)cc2)c2ccc(/C=C/c3cc4ccc(N(CC)CC)cc4oc3=O)cc2)cc1)C(=O)O. The van der Waals surface area contributed by atoms with Crippen LogP contribution in [0.2, 0.25) is 0 Å². The van der Waals surface area contributed by atoms with E-state index in [0.717, 1.165) is 76.5 Å². The highest BCUT2D eigenvalue weighted by molar-refractivity contribution is 5.94. The average Bonchev–Trinajstić information content (AvgIpc) is 3.29. The van der Waals surface area contributed by atoms with Crippen LogP contribution in [-0.2, 0) is 4.79 Å². The summed E-state index contributed by atoms with van der Waals surface area (Å²) in [5.74, 6) is -1.29. The van der Waals surface area contributed by atoms with Gasteiger partial charge in [-0.3, -0.25) is 4.79 Å². The van der Waals surface area contributed by atoms with Gasteiger partial charge in [-0.2, -0.15) is 0 Å². The van der Waals surface area contributed by atoms with E-state index in [1.54, 1.807) is 24.3 Å². The third-order valence-electron chi connectivity index (χ3n) is 10.8. The van der Waals surface area contributed by atoms with Crippen LogP contribution in [0.15, 0.2) is 145 Å². The molecule has 0 saturated carbocycles. The molecular formula is C52H46N4O6. The predicted octanol–water partition coefficient (Wildman–Crippen LogP) is 11.7. The number of hydrogen-bond acceptors (Lipinski definition) is 8. The highest BCUT2D eigenvalue weighted by Crippen LogP contribution is 2.36. The molecule has 62 heavy (non-hydrogen) atoms. The number of anilines is 5. The Morgan fingerprint density at radius 3 is 1.27 bits per heavy atom. The Balaban J connectivity index is 1.16. The molecule has 0 fully saturated rings. The average molecular weight is 823 g/mol. The molecule has 1 N–H and O–H groups in total. The Bertz CT molecular complexity index is 2820. The van der Waals surface area contributed by atoms with Crippen LogP contribution in [0, 0.1) is 6.57 Å². The molecule has 0 aliphatic carbocycles. The van der Waals surface area contributed by atoms with E-state index in [1.807, 2.05) is 121 Å². The Kier molecular flexibility index (Phi) is 12.9. The molecule has 0 unspecified atom stereocenters. The Morgan fingerprint density at radius 1 is 0.548 bits per heavy atom. The van der Waals surface area contributed by atoms with Crippen molar-refractivity contribution in [3.05, 3.63) is 187 Å². The normalized spacial score (nSPS) is 11.7. The summed E-state index contributed by atoms with van der Waals surface area (Å²) in [4.78, 5) is 47.1. The van der Waals surface area contributed by atoms with E-state index in [4.69, 9.17) is 15.4 Å². The summed E-state index contributed by atoms with van der Waals surface area (Å²) in [6, 6.07) is 38.5. The third-order valence-corrected chi connectivity index (χ3v) is 10.8. The molecule has 310 valence electrons. The number of hydrogen-bond donors (Lipinski definition) is 1. The minimum absolute atomic E-state index is 0.376. The molecule has 10 heteroatoms. The van der Waals surface area contributed by atoms with Crippen molar-refractivity contribution in [2.45, 2.75) is 27.7 Å². The molecule has 5 aromatic carbocycles. The highest BCUT2D eigenvalue weighted by Gasteiger charge is 2.14. The van der Waals surface area contributed by atoms with Gasteiger partial charge in [0.15, 0.2) is 0 Å². The second-order valence-corrected chi connectivity index (χ2v) is 14.5. The maximum Gasteiger partial charge on any atom is 0.343 e. The van der Waals surface area contributed by atoms with Crippen LogP contribution in [-0.4, -0.2) is 37.3 Å². The predicted molar refractivity (Wildman–Crippen MR) is 253 cm³/mol. The van der Waals surface area contributed by atoms with Crippen LogP contribution in [0.5, 0.6) is 0 Å². The number of aliphatic carboxylic acids is 1. The van der Waals surface area contributed by atoms with Crippen molar-refractivity contribution in [1.82, 2.24) is 0 Å². The van der Waals surface area contributed by atoms with E-state index in [-0.39, 0.29) is 5.70 Å². The lowest BCUT2D eigenvalue weighted by atomic mass is 10.1. The van der Waals surface area contributed by atoms with Gasteiger partial charge in [-0.15, -0.1) is 0 Å². The van der Waals surface area contributed by atoms with Gasteiger partial charge in [0.05, 0.1) is 17.7 Å². The molecule has 2 aromatic heterocycles. The van der Waals surface area contributed by atoms with Crippen LogP contribution >= 0.6 is 0 Å². The molecule has 0 bridgehead atoms. The summed E-state index contributed by atoms with van der Waals surface area (Å²) in [7, 11) is 0. The number of carbonyl (C=O) groups is 1. The Morgan fingerprint density at radius 2 is 0.919 bits per heavy atom. The summed E-state index contributed by atoms with van der Waals surface area (Å²) in [5, 5.41) is 11.1. The number of nitrogens with zero attached hydrogens (tertiary/aromatic N) is 4. The highest BCUT2D eigenvalue weighted by atomic mass is 16.4. The van der Waals surface area contributed by atoms with Gasteiger partial charge in [0.2, 0.25) is 0 Å². The fourth-order valence-electron chi connectivity index (χ4n) is 7.34. The molecule has 7 aromatic rings. The summed E-state index contributed by atoms with van der Waals surface area (Å²) in [6.45, 7) is 19.0. The molecule has 10 nitrogen and oxygen atoms in total. The van der Waals surface area contributed by atoms with Crippen molar-refractivity contribution >= 4 is 86.7 Å². The molecule has 0 atom stereocenters. The van der Waals surface area contributed by atoms with Gasteiger partial charge in [0, 0.05) is 77.5 Å². The van der Waals surface area contributed by atoms with E-state index in [9.17, 15) is 19.5 Å². The van der Waals surface area contributed by atoms with Crippen LogP contribution in [0.1, 0.15) is 55.5 Å². The zero-order valence-electron chi connectivity index (χ0n) is 35.0. The second-order valence-electron chi connectivity index (χ2n) is 14.5. The Hall–Kier alpha value is -7.90. The fourth-order valence-corrected chi connectivity index (χ4v) is 7.34. The van der Waals surface area contributed by atoms with Crippen LogP contribution in [0.25, 0.3) is 57.2 Å². The first-order valence-electron chi connectivity index (χ1n) is 20.6. The minimum Gasteiger partial charge on any atom is -0.486 e. The zero-order valence-corrected chi connectivity index (χ0v) is 35.0. The van der Waals surface area contributed by atoms with Gasteiger partial charge in [-0.25, -0.2) is 14.4 Å². The van der Waals surface area contributed by atoms with Crippen molar-refractivity contribution in [1.29, 1.82) is 0 Å². The third kappa shape index (κ3) is 9.43. The number of carboxylic acids is 1. The van der Waals surface area contributed by atoms with Gasteiger partial charge in [-0.1, -0.05) is 48.6 Å². The maximum atomic E-state index is 13.0. The lowest BCUT2D eigenvalue weighted by Gasteiger charge is -2.26. The van der Waals surface area contributed by atoms with Crippen LogP contribution in [0.4, 0.5) is 28.4 Å². The summed E-state index contributed by atoms with van der Waals surface area (Å²) >= 11 is 0. The smallest absolute Gasteiger partial charge is 0.343 e. The first-order chi connectivity index (χ1) is 30.1. The summed E-state index contributed by atoms with van der Waals surface area (Å²) in [5.41, 5.74) is 7.58. The molecule has 0 aliphatic rings. The van der Waals surface area contributed by atoms with Crippen molar-refractivity contribution in [3.63, 3.8) is 0 Å². The number of benzene rings is 5. The molecule has 0 amide bonds. The second kappa shape index (κ2) is 19.0. The number of fused-ring (bicyclic) bond motifs is 2. The monoisotopic (exact) mass is 822 g/mol. The zero-order chi connectivity index (χ0) is 43.8. The van der Waals surface area contributed by atoms with Gasteiger partial charge in [-0.05, 0) is 135 Å². The van der Waals surface area contributed by atoms with Crippen molar-refractivity contribution in [2.75, 3.05) is 40.9 Å². The quantitative estimate of drug-likeness (QED) is 0.0613. The van der Waals surface area contributed by atoms with E-state index in [0.29, 0.717) is 27.9 Å². The van der Waals surface area contributed by atoms with E-state index < -0.39 is 17.2 Å². The van der Waals surface area contributed by atoms with Crippen molar-refractivity contribution < 1.29 is 18.7 Å². The van der Waals surface area contributed by atoms with E-state index >= 15 is 0 Å². The van der Waals surface area contributed by atoms with Crippen LogP contribution in [0.3, 0.4) is 0 Å². The van der Waals surface area contributed by atoms with E-state index in [1.165, 1.54) is 6.08 Å². The van der Waals surface area contributed by atoms with Gasteiger partial charge < -0.3 is 28.6 Å². The lowest BCUT2D eigenvalue weighted by Crippen LogP contribution is -2.21. The van der Waals surface area contributed by atoms with Crippen molar-refractivity contribution in [2.24, 2.45) is 0 Å². The molecule has 2 heterocycles. The first-order valence-corrected chi connectivity index (χ1v) is 20.6. The largest absolute Gasteiger partial charge is 0.486 e. The molecule has 0 aliphatic heterocycles. The fraction of sp³-hybridized carbons (Fsp3) is 0.154. The lowest BCUT2D eigenvalue weighted by molar-refractivity contribution is -0.132. The minimum atomic E-state index is -1.29. The van der Waals surface area contributed by atoms with E-state index in [2.05, 4.69) is 47.2 Å². The summed E-state index contributed by atoms with van der Waals surface area (Å²) < 4.78 is 11.5. The van der Waals surface area contributed by atoms with Gasteiger partial charge in [0.25, 0.3) is 5.70 Å². The van der Waals surface area contributed by atoms with Crippen LogP contribution < -0.4 is 26.0 Å². The van der Waals surface area contributed by atoms with Gasteiger partial charge in [0.1, 0.15) is 11.2 Å². The maximum absolute atomic E-state index is 13.0. The van der Waals surface area contributed by atoms with Gasteiger partial charge >= 0.3 is 17.2 Å². The molecule has 7 rings (SSSR count). The molecular weight excluding hydrogens is 777 g/mol. The standard InChI is InChI=1S/C52H46N4O6/c1-6-54(7-2)45-28-20-38-31-40(51(59)61-48(38)33-45)18-10-35-12-22-42(23-13-35)56(44-26-16-37(17-27-44)30-47(53-5)50(57)58)43-24-14-36(15-25-43)11-19-41-32-39-21-29-46(55(8-3)9-4)34-49(39)62-52(41)60/h10-34H,6-9H2,1-4H3,(H,57,58)/b18-10+,19-11+,47-30-. The first kappa shape index (κ1) is 42.2. The summed E-state index contributed by atoms with van der Waals surface area (Å²) in [6.07, 6.45) is 8.60.